The van der Waals surface area contributed by atoms with E-state index in [2.05, 4.69) is 20.9 Å². The van der Waals surface area contributed by atoms with Gasteiger partial charge in [0.15, 0.2) is 11.6 Å². The number of cyclic esters (lactones) is 4. The summed E-state index contributed by atoms with van der Waals surface area (Å²) in [6.45, 7) is 2.82. The lowest BCUT2D eigenvalue weighted by molar-refractivity contribution is -0.224. The molecule has 0 radical (unpaired) electrons. The Morgan fingerprint density at radius 3 is 1.39 bits per heavy atom. The molecule has 0 amide bonds. The van der Waals surface area contributed by atoms with Gasteiger partial charge in [-0.25, -0.2) is 19.2 Å². The number of nitrogens with two attached hydrogens (primary N) is 2. The van der Waals surface area contributed by atoms with Crippen molar-refractivity contribution < 1.29 is 58.0 Å². The number of hydrogen-bond donors (Lipinski definition) is 4. The standard InChI is InChI=1S/C10H14O6.C5O6.CH6N2.CH4/c1-3-4-5-7(12)10(6(2)11,8(13)14)9(15)16;6-1-5(2(7)10-1)3(8)11-4(5)9;2-1-3;/h3-5H2,1-2H3,(H,13,14)(H,15,16);;1-3H2;1H4. The summed E-state index contributed by atoms with van der Waals surface area (Å²) >= 11 is 0. The van der Waals surface area contributed by atoms with Crippen LogP contribution >= 0.6 is 0 Å². The number of carbonyl (C=O) groups is 8. The fraction of sp³-hybridized carbons (Fsp3) is 0.529. The summed E-state index contributed by atoms with van der Waals surface area (Å²) in [5.41, 5.74) is 4.09. The molecule has 174 valence electrons. The molecule has 0 aromatic heterocycles. The lowest BCUT2D eigenvalue weighted by Crippen LogP contribution is -2.71. The number of esters is 4. The van der Waals surface area contributed by atoms with E-state index in [-0.39, 0.29) is 20.5 Å². The number of carbonyl (C=O) groups excluding carboxylic acids is 6. The number of rotatable bonds is 7. The molecular formula is C17H24N2O12. The maximum absolute atomic E-state index is 11.6. The molecule has 0 aromatic carbocycles. The van der Waals surface area contributed by atoms with Gasteiger partial charge in [-0.05, 0) is 13.3 Å². The Morgan fingerprint density at radius 2 is 1.23 bits per heavy atom. The van der Waals surface area contributed by atoms with E-state index in [1.807, 2.05) is 0 Å². The first-order chi connectivity index (χ1) is 13.8. The minimum atomic E-state index is -2.94. The van der Waals surface area contributed by atoms with Gasteiger partial charge in [-0.2, -0.15) is 0 Å². The van der Waals surface area contributed by atoms with Crippen LogP contribution in [0.15, 0.2) is 0 Å². The summed E-state index contributed by atoms with van der Waals surface area (Å²) in [4.78, 5) is 86.5. The van der Waals surface area contributed by atoms with Crippen molar-refractivity contribution in [3.8, 4) is 0 Å². The van der Waals surface area contributed by atoms with Gasteiger partial charge in [0, 0.05) is 13.1 Å². The summed E-state index contributed by atoms with van der Waals surface area (Å²) in [7, 11) is 0. The van der Waals surface area contributed by atoms with E-state index < -0.39 is 58.2 Å². The van der Waals surface area contributed by atoms with Gasteiger partial charge in [0.1, 0.15) is 0 Å². The highest BCUT2D eigenvalue weighted by Crippen LogP contribution is 2.40. The van der Waals surface area contributed by atoms with Gasteiger partial charge in [-0.3, -0.25) is 19.2 Å². The molecule has 0 aliphatic carbocycles. The first-order valence-corrected chi connectivity index (χ1v) is 8.27. The van der Waals surface area contributed by atoms with Gasteiger partial charge in [0.2, 0.25) is 0 Å². The zero-order chi connectivity index (χ0) is 23.9. The first-order valence-electron chi connectivity index (χ1n) is 8.27. The Morgan fingerprint density at radius 1 is 0.903 bits per heavy atom. The number of hydrogen-bond acceptors (Lipinski definition) is 12. The van der Waals surface area contributed by atoms with E-state index in [0.717, 1.165) is 6.92 Å². The predicted molar refractivity (Wildman–Crippen MR) is 97.5 cm³/mol. The molecule has 1 spiro atoms. The average molecular weight is 448 g/mol. The van der Waals surface area contributed by atoms with E-state index in [1.165, 1.54) is 0 Å². The van der Waals surface area contributed by atoms with Gasteiger partial charge in [0.25, 0.3) is 5.41 Å². The van der Waals surface area contributed by atoms with Crippen LogP contribution in [0, 0.1) is 10.8 Å². The molecule has 6 N–H and O–H groups in total. The zero-order valence-corrected chi connectivity index (χ0v) is 16.0. The molecule has 0 unspecified atom stereocenters. The Kier molecular flexibility index (Phi) is 11.1. The zero-order valence-electron chi connectivity index (χ0n) is 16.0. The monoisotopic (exact) mass is 448 g/mol. The van der Waals surface area contributed by atoms with Crippen LogP contribution in [0.2, 0.25) is 0 Å². The normalized spacial score (nSPS) is 15.2. The topological polar surface area (TPSA) is 248 Å². The van der Waals surface area contributed by atoms with Gasteiger partial charge in [-0.1, -0.05) is 20.8 Å². The second-order valence-electron chi connectivity index (χ2n) is 5.78. The Hall–Kier alpha value is -3.52. The first kappa shape index (κ1) is 29.7. The van der Waals surface area contributed by atoms with Crippen LogP contribution in [-0.4, -0.2) is 64.3 Å². The summed E-state index contributed by atoms with van der Waals surface area (Å²) < 4.78 is 7.68. The third-order valence-electron chi connectivity index (χ3n) is 3.94. The predicted octanol–water partition coefficient (Wildman–Crippen LogP) is -1.87. The van der Waals surface area contributed by atoms with E-state index in [9.17, 15) is 38.4 Å². The molecule has 14 heteroatoms. The van der Waals surface area contributed by atoms with Crippen molar-refractivity contribution in [3.05, 3.63) is 0 Å². The van der Waals surface area contributed by atoms with Crippen molar-refractivity contribution >= 4 is 47.4 Å². The van der Waals surface area contributed by atoms with Crippen molar-refractivity contribution in [2.75, 3.05) is 6.67 Å². The van der Waals surface area contributed by atoms with Crippen molar-refractivity contribution in [1.29, 1.82) is 0 Å². The SMILES string of the molecule is C.CCCCC(=O)C(C(C)=O)(C(=O)O)C(=O)O.NCN.O=C1OC(=O)C12C(=O)OC2=O. The highest BCUT2D eigenvalue weighted by molar-refractivity contribution is 6.46. The molecule has 2 aliphatic rings. The molecule has 2 fully saturated rings. The highest BCUT2D eigenvalue weighted by Gasteiger charge is 2.80. The highest BCUT2D eigenvalue weighted by atomic mass is 16.7. The summed E-state index contributed by atoms with van der Waals surface area (Å²) in [6.07, 6.45) is 0.738. The van der Waals surface area contributed by atoms with Crippen molar-refractivity contribution in [2.24, 2.45) is 22.3 Å². The molecule has 0 atom stereocenters. The number of Topliss-reactive ketones (excluding diaryl/α,β-unsaturated/α-hetero) is 2. The quantitative estimate of drug-likeness (QED) is 0.189. The van der Waals surface area contributed by atoms with Crippen LogP contribution in [0.1, 0.15) is 40.5 Å². The van der Waals surface area contributed by atoms with Crippen LogP contribution in [0.5, 0.6) is 0 Å². The maximum atomic E-state index is 11.6. The number of carboxylic acid groups (broad SMARTS) is 2. The summed E-state index contributed by atoms with van der Waals surface area (Å²) in [6, 6.07) is 0. The Balaban J connectivity index is 0. The van der Waals surface area contributed by atoms with E-state index in [1.54, 1.807) is 6.92 Å². The third-order valence-corrected chi connectivity index (χ3v) is 3.94. The second kappa shape index (κ2) is 11.6. The largest absolute Gasteiger partial charge is 0.480 e. The fourth-order valence-corrected chi connectivity index (χ4v) is 2.23. The molecule has 2 heterocycles. The number of ketones is 2. The second-order valence-corrected chi connectivity index (χ2v) is 5.78. The van der Waals surface area contributed by atoms with Crippen molar-refractivity contribution in [3.63, 3.8) is 0 Å². The van der Waals surface area contributed by atoms with Gasteiger partial charge >= 0.3 is 41.2 Å². The van der Waals surface area contributed by atoms with Gasteiger partial charge in [-0.15, -0.1) is 0 Å². The van der Waals surface area contributed by atoms with E-state index in [4.69, 9.17) is 10.2 Å². The summed E-state index contributed by atoms with van der Waals surface area (Å²) in [5, 5.41) is 17.6. The maximum Gasteiger partial charge on any atom is 0.357 e. The summed E-state index contributed by atoms with van der Waals surface area (Å²) in [5.74, 6) is -10.6. The van der Waals surface area contributed by atoms with Crippen LogP contribution in [0.4, 0.5) is 0 Å². The lowest BCUT2D eigenvalue weighted by Gasteiger charge is -2.36. The molecule has 2 saturated heterocycles. The van der Waals surface area contributed by atoms with Gasteiger partial charge in [0.05, 0.1) is 0 Å². The molecule has 0 saturated carbocycles. The molecule has 14 nitrogen and oxygen atoms in total. The Labute approximate surface area is 175 Å². The van der Waals surface area contributed by atoms with Crippen molar-refractivity contribution in [1.82, 2.24) is 0 Å². The van der Waals surface area contributed by atoms with E-state index >= 15 is 0 Å². The smallest absolute Gasteiger partial charge is 0.357 e. The third kappa shape index (κ3) is 4.97. The lowest BCUT2D eigenvalue weighted by atomic mass is 9.78. The fourth-order valence-electron chi connectivity index (χ4n) is 2.23. The molecule has 2 aliphatic heterocycles. The number of ether oxygens (including phenoxy) is 2. The number of carboxylic acids is 2. The number of unbranched alkanes of at least 4 members (excludes halogenated alkanes) is 1. The molecule has 0 aromatic rings. The van der Waals surface area contributed by atoms with Gasteiger partial charge < -0.3 is 31.2 Å². The Bertz CT molecular complexity index is 701. The number of aliphatic carboxylic acids is 2. The van der Waals surface area contributed by atoms with Crippen LogP contribution < -0.4 is 11.5 Å². The van der Waals surface area contributed by atoms with Crippen LogP contribution in [0.3, 0.4) is 0 Å². The molecule has 31 heavy (non-hydrogen) atoms. The van der Waals surface area contributed by atoms with Crippen molar-refractivity contribution in [2.45, 2.75) is 40.5 Å². The molecular weight excluding hydrogens is 424 g/mol. The minimum absolute atomic E-state index is 0. The molecule has 2 rings (SSSR count). The average Bonchev–Trinajstić information content (AvgIpc) is 2.60. The minimum Gasteiger partial charge on any atom is -0.480 e. The van der Waals surface area contributed by atoms with Crippen LogP contribution in [0.25, 0.3) is 0 Å². The van der Waals surface area contributed by atoms with Crippen LogP contribution in [-0.2, 0) is 47.8 Å². The van der Waals surface area contributed by atoms with E-state index in [0.29, 0.717) is 12.8 Å². The molecule has 0 bridgehead atoms.